The summed E-state index contributed by atoms with van der Waals surface area (Å²) >= 11 is 7.62. The third-order valence-corrected chi connectivity index (χ3v) is 4.25. The van der Waals surface area contributed by atoms with E-state index in [1.165, 1.54) is 9.79 Å². The number of fused-ring (bicyclic) bond motifs is 1. The van der Waals surface area contributed by atoms with Crippen LogP contribution in [0.1, 0.15) is 5.69 Å². The van der Waals surface area contributed by atoms with E-state index in [1.54, 1.807) is 18.0 Å². The number of nitrogens with zero attached hydrogens (tertiary/aromatic N) is 1. The number of halogens is 1. The van der Waals surface area contributed by atoms with Crippen LogP contribution in [0.15, 0.2) is 52.5 Å². The molecule has 0 fully saturated rings. The van der Waals surface area contributed by atoms with E-state index in [4.69, 9.17) is 11.6 Å². The second kappa shape index (κ2) is 4.67. The van der Waals surface area contributed by atoms with Crippen molar-refractivity contribution in [2.45, 2.75) is 16.7 Å². The molecule has 3 rings (SSSR count). The van der Waals surface area contributed by atoms with Crippen molar-refractivity contribution in [2.75, 3.05) is 0 Å². The van der Waals surface area contributed by atoms with Gasteiger partial charge in [0, 0.05) is 43.8 Å². The molecule has 3 aromatic rings. The van der Waals surface area contributed by atoms with Gasteiger partial charge >= 0.3 is 0 Å². The van der Waals surface area contributed by atoms with Crippen molar-refractivity contribution in [2.24, 2.45) is 0 Å². The van der Waals surface area contributed by atoms with Crippen LogP contribution in [-0.4, -0.2) is 9.97 Å². The number of benzene rings is 1. The Morgan fingerprint density at radius 2 is 1.94 bits per heavy atom. The van der Waals surface area contributed by atoms with Gasteiger partial charge in [-0.2, -0.15) is 0 Å². The van der Waals surface area contributed by atoms with Crippen molar-refractivity contribution in [3.8, 4) is 0 Å². The number of H-pyrrole nitrogens is 1. The summed E-state index contributed by atoms with van der Waals surface area (Å²) in [6.45, 7) is 2.08. The molecule has 0 saturated carbocycles. The van der Waals surface area contributed by atoms with Crippen molar-refractivity contribution >= 4 is 34.3 Å². The Morgan fingerprint density at radius 1 is 1.17 bits per heavy atom. The molecule has 0 aliphatic carbocycles. The minimum Gasteiger partial charge on any atom is -0.358 e. The second-order valence-corrected chi connectivity index (χ2v) is 5.58. The molecule has 0 radical (unpaired) electrons. The molecule has 0 unspecified atom stereocenters. The largest absolute Gasteiger partial charge is 0.358 e. The third kappa shape index (κ3) is 2.11. The summed E-state index contributed by atoms with van der Waals surface area (Å²) in [4.78, 5) is 9.96. The average Bonchev–Trinajstić information content (AvgIpc) is 2.69. The fourth-order valence-corrected chi connectivity index (χ4v) is 3.01. The molecule has 0 bridgehead atoms. The highest BCUT2D eigenvalue weighted by Gasteiger charge is 2.09. The molecule has 1 aromatic carbocycles. The summed E-state index contributed by atoms with van der Waals surface area (Å²) in [7, 11) is 0. The molecule has 0 saturated heterocycles. The van der Waals surface area contributed by atoms with Crippen LogP contribution < -0.4 is 0 Å². The van der Waals surface area contributed by atoms with E-state index in [2.05, 4.69) is 16.9 Å². The summed E-state index contributed by atoms with van der Waals surface area (Å²) in [5.41, 5.74) is 2.29. The number of nitrogens with one attached hydrogen (secondary N) is 1. The third-order valence-electron chi connectivity index (χ3n) is 2.76. The highest BCUT2D eigenvalue weighted by atomic mass is 35.5. The molecule has 0 aliphatic heterocycles. The molecular weight excluding hydrogens is 264 g/mol. The number of aromatic nitrogens is 2. The van der Waals surface area contributed by atoms with Gasteiger partial charge in [-0.1, -0.05) is 23.4 Å². The molecule has 2 aromatic heterocycles. The van der Waals surface area contributed by atoms with Gasteiger partial charge < -0.3 is 4.98 Å². The number of aromatic amines is 1. The number of hydrogen-bond acceptors (Lipinski definition) is 2. The van der Waals surface area contributed by atoms with Crippen LogP contribution in [0.2, 0.25) is 5.02 Å². The van der Waals surface area contributed by atoms with Gasteiger partial charge in [-0.15, -0.1) is 0 Å². The lowest BCUT2D eigenvalue weighted by Crippen LogP contribution is -1.76. The van der Waals surface area contributed by atoms with Gasteiger partial charge in [-0.3, -0.25) is 4.98 Å². The van der Waals surface area contributed by atoms with Gasteiger partial charge in [0.2, 0.25) is 0 Å². The molecule has 0 amide bonds. The topological polar surface area (TPSA) is 28.7 Å². The Labute approximate surface area is 114 Å². The Morgan fingerprint density at radius 3 is 2.72 bits per heavy atom. The lowest BCUT2D eigenvalue weighted by Gasteiger charge is -2.01. The van der Waals surface area contributed by atoms with Crippen LogP contribution in [0, 0.1) is 6.92 Å². The lowest BCUT2D eigenvalue weighted by atomic mass is 10.3. The summed E-state index contributed by atoms with van der Waals surface area (Å²) in [5.74, 6) is 0. The van der Waals surface area contributed by atoms with E-state index in [-0.39, 0.29) is 0 Å². The van der Waals surface area contributed by atoms with Crippen LogP contribution in [0.3, 0.4) is 0 Å². The SMILES string of the molecule is Cc1[nH]c2ccncc2c1Sc1ccc(Cl)cc1. The van der Waals surface area contributed by atoms with Gasteiger partial charge in [0.15, 0.2) is 0 Å². The van der Waals surface area contributed by atoms with E-state index in [1.807, 2.05) is 36.5 Å². The van der Waals surface area contributed by atoms with Gasteiger partial charge in [-0.05, 0) is 37.3 Å². The maximum Gasteiger partial charge on any atom is 0.0498 e. The molecule has 90 valence electrons. The Balaban J connectivity index is 2.04. The average molecular weight is 275 g/mol. The van der Waals surface area contributed by atoms with Crippen molar-refractivity contribution in [1.82, 2.24) is 9.97 Å². The van der Waals surface area contributed by atoms with E-state index >= 15 is 0 Å². The summed E-state index contributed by atoms with van der Waals surface area (Å²) in [5, 5.41) is 1.92. The maximum atomic E-state index is 5.89. The number of aryl methyl sites for hydroxylation is 1. The highest BCUT2D eigenvalue weighted by Crippen LogP contribution is 2.36. The van der Waals surface area contributed by atoms with E-state index in [0.29, 0.717) is 0 Å². The Kier molecular flexibility index (Phi) is 3.02. The molecule has 0 spiro atoms. The quantitative estimate of drug-likeness (QED) is 0.735. The first-order chi connectivity index (χ1) is 8.74. The van der Waals surface area contributed by atoms with E-state index < -0.39 is 0 Å². The molecule has 2 nitrogen and oxygen atoms in total. The van der Waals surface area contributed by atoms with Gasteiger partial charge in [0.05, 0.1) is 0 Å². The first kappa shape index (κ1) is 11.6. The molecule has 0 atom stereocenters. The fraction of sp³-hybridized carbons (Fsp3) is 0.0714. The summed E-state index contributed by atoms with van der Waals surface area (Å²) in [6, 6.07) is 9.87. The smallest absolute Gasteiger partial charge is 0.0498 e. The van der Waals surface area contributed by atoms with Crippen LogP contribution in [0.25, 0.3) is 10.9 Å². The highest BCUT2D eigenvalue weighted by molar-refractivity contribution is 7.99. The van der Waals surface area contributed by atoms with Gasteiger partial charge in [0.1, 0.15) is 0 Å². The van der Waals surface area contributed by atoms with Gasteiger partial charge in [-0.25, -0.2) is 0 Å². The molecule has 0 aliphatic rings. The maximum absolute atomic E-state index is 5.89. The molecular formula is C14H11ClN2S. The Hall–Kier alpha value is -1.45. The van der Waals surface area contributed by atoms with Crippen molar-refractivity contribution in [1.29, 1.82) is 0 Å². The first-order valence-electron chi connectivity index (χ1n) is 5.60. The van der Waals surface area contributed by atoms with E-state index in [0.717, 1.165) is 21.6 Å². The summed E-state index contributed by atoms with van der Waals surface area (Å²) in [6.07, 6.45) is 3.70. The molecule has 18 heavy (non-hydrogen) atoms. The van der Waals surface area contributed by atoms with E-state index in [9.17, 15) is 0 Å². The molecule has 2 heterocycles. The predicted octanol–water partition coefficient (Wildman–Crippen LogP) is 4.68. The standard InChI is InChI=1S/C14H11ClN2S/c1-9-14(12-8-16-7-6-13(12)17-9)18-11-4-2-10(15)3-5-11/h2-8,17H,1H3. The van der Waals surface area contributed by atoms with Crippen molar-refractivity contribution in [3.05, 3.63) is 53.4 Å². The van der Waals surface area contributed by atoms with Crippen LogP contribution >= 0.6 is 23.4 Å². The van der Waals surface area contributed by atoms with Crippen LogP contribution in [0.5, 0.6) is 0 Å². The zero-order valence-electron chi connectivity index (χ0n) is 9.77. The van der Waals surface area contributed by atoms with Crippen molar-refractivity contribution < 1.29 is 0 Å². The summed E-state index contributed by atoms with van der Waals surface area (Å²) < 4.78 is 0. The zero-order chi connectivity index (χ0) is 12.5. The second-order valence-electron chi connectivity index (χ2n) is 4.06. The lowest BCUT2D eigenvalue weighted by molar-refractivity contribution is 1.23. The minimum absolute atomic E-state index is 0.761. The minimum atomic E-state index is 0.761. The van der Waals surface area contributed by atoms with Crippen LogP contribution in [0.4, 0.5) is 0 Å². The number of rotatable bonds is 2. The Bertz CT molecular complexity index is 689. The normalized spacial score (nSPS) is 11.0. The number of pyridine rings is 1. The zero-order valence-corrected chi connectivity index (χ0v) is 11.3. The van der Waals surface area contributed by atoms with Gasteiger partial charge in [0.25, 0.3) is 0 Å². The van der Waals surface area contributed by atoms with Crippen LogP contribution in [-0.2, 0) is 0 Å². The predicted molar refractivity (Wildman–Crippen MR) is 76.4 cm³/mol. The fourth-order valence-electron chi connectivity index (χ4n) is 1.90. The monoisotopic (exact) mass is 274 g/mol. The molecule has 4 heteroatoms. The first-order valence-corrected chi connectivity index (χ1v) is 6.79. The number of hydrogen-bond donors (Lipinski definition) is 1. The molecule has 1 N–H and O–H groups in total. The van der Waals surface area contributed by atoms with Crippen molar-refractivity contribution in [3.63, 3.8) is 0 Å².